The molecule has 2 atom stereocenters. The Labute approximate surface area is 231 Å². The number of urea groups is 1. The molecule has 1 aromatic carbocycles. The van der Waals surface area contributed by atoms with Crippen molar-refractivity contribution in [1.29, 1.82) is 0 Å². The average Bonchev–Trinajstić information content (AvgIpc) is 3.63. The molecule has 11 nitrogen and oxygen atoms in total. The van der Waals surface area contributed by atoms with Crippen molar-refractivity contribution in [3.63, 3.8) is 0 Å². The number of carbonyl (C=O) groups is 2. The molecule has 206 valence electrons. The quantitative estimate of drug-likeness (QED) is 0.412. The molecule has 7 rings (SSSR count). The maximum absolute atomic E-state index is 13.6. The van der Waals surface area contributed by atoms with Crippen LogP contribution in [0, 0.1) is 5.92 Å². The lowest BCUT2D eigenvalue weighted by Crippen LogP contribution is -2.61. The number of benzene rings is 1. The van der Waals surface area contributed by atoms with Crippen LogP contribution < -0.4 is 10.6 Å². The molecule has 1 aliphatic carbocycles. The van der Waals surface area contributed by atoms with E-state index < -0.39 is 0 Å². The number of nitrogen functional groups attached to an aromatic ring is 1. The third kappa shape index (κ3) is 3.87. The van der Waals surface area contributed by atoms with Gasteiger partial charge in [0.25, 0.3) is 0 Å². The third-order valence-corrected chi connectivity index (χ3v) is 8.72. The second kappa shape index (κ2) is 9.74. The van der Waals surface area contributed by atoms with Crippen LogP contribution in [0.3, 0.4) is 0 Å². The molecule has 3 amide bonds. The van der Waals surface area contributed by atoms with Crippen molar-refractivity contribution in [3.05, 3.63) is 48.9 Å². The van der Waals surface area contributed by atoms with E-state index in [1.54, 1.807) is 15.6 Å². The van der Waals surface area contributed by atoms with E-state index >= 15 is 0 Å². The van der Waals surface area contributed by atoms with Gasteiger partial charge in [0.2, 0.25) is 5.91 Å². The van der Waals surface area contributed by atoms with Crippen LogP contribution >= 0.6 is 0 Å². The molecule has 2 aliphatic heterocycles. The second-order valence-electron chi connectivity index (χ2n) is 10.9. The molecule has 2 N–H and O–H groups in total. The van der Waals surface area contributed by atoms with Gasteiger partial charge in [-0.3, -0.25) is 9.48 Å². The Hall–Kier alpha value is -4.25. The topological polar surface area (TPSA) is 124 Å². The molecule has 0 radical (unpaired) electrons. The van der Waals surface area contributed by atoms with Crippen LogP contribution in [0.2, 0.25) is 0 Å². The van der Waals surface area contributed by atoms with E-state index in [0.717, 1.165) is 61.0 Å². The molecule has 3 aromatic heterocycles. The molecule has 11 heteroatoms. The van der Waals surface area contributed by atoms with Crippen molar-refractivity contribution < 1.29 is 14.3 Å². The maximum Gasteiger partial charge on any atom is 0.331 e. The highest BCUT2D eigenvalue weighted by molar-refractivity contribution is 6.17. The number of hydrogen-bond acceptors (Lipinski definition) is 7. The Morgan fingerprint density at radius 1 is 0.975 bits per heavy atom. The fourth-order valence-electron chi connectivity index (χ4n) is 6.68. The Morgan fingerprint density at radius 3 is 2.65 bits per heavy atom. The van der Waals surface area contributed by atoms with E-state index in [9.17, 15) is 9.59 Å². The molecule has 3 fully saturated rings. The van der Waals surface area contributed by atoms with Crippen LogP contribution in [0.4, 0.5) is 16.3 Å². The molecule has 2 unspecified atom stereocenters. The van der Waals surface area contributed by atoms with Crippen LogP contribution in [0.5, 0.6) is 0 Å². The summed E-state index contributed by atoms with van der Waals surface area (Å²) >= 11 is 0. The molecule has 3 aliphatic rings. The monoisotopic (exact) mass is 540 g/mol. The van der Waals surface area contributed by atoms with E-state index in [1.165, 1.54) is 11.2 Å². The molecule has 4 aromatic rings. The Kier molecular flexibility index (Phi) is 6.03. The Morgan fingerprint density at radius 2 is 1.80 bits per heavy atom. The van der Waals surface area contributed by atoms with Crippen molar-refractivity contribution in [2.24, 2.45) is 5.92 Å². The highest BCUT2D eigenvalue weighted by atomic mass is 16.5. The van der Waals surface area contributed by atoms with Crippen molar-refractivity contribution in [1.82, 2.24) is 29.3 Å². The lowest BCUT2D eigenvalue weighted by atomic mass is 9.81. The van der Waals surface area contributed by atoms with Crippen LogP contribution in [0.1, 0.15) is 44.6 Å². The number of nitrogens with zero attached hydrogens (tertiary/aromatic N) is 7. The molecule has 1 saturated carbocycles. The number of ether oxygens (including phenoxy) is 1. The summed E-state index contributed by atoms with van der Waals surface area (Å²) in [6, 6.07) is 11.5. The van der Waals surface area contributed by atoms with Gasteiger partial charge in [0.15, 0.2) is 5.82 Å². The van der Waals surface area contributed by atoms with Gasteiger partial charge in [-0.05, 0) is 49.9 Å². The van der Waals surface area contributed by atoms with E-state index in [-0.39, 0.29) is 29.9 Å². The van der Waals surface area contributed by atoms with Gasteiger partial charge < -0.3 is 15.4 Å². The summed E-state index contributed by atoms with van der Waals surface area (Å²) < 4.78 is 9.39. The summed E-state index contributed by atoms with van der Waals surface area (Å²) in [5.41, 5.74) is 11.0. The molecule has 5 heterocycles. The number of hydrogen-bond donors (Lipinski definition) is 1. The van der Waals surface area contributed by atoms with Crippen molar-refractivity contribution >= 4 is 29.0 Å². The number of imide groups is 1. The summed E-state index contributed by atoms with van der Waals surface area (Å²) in [6.07, 6.45) is 8.74. The van der Waals surface area contributed by atoms with E-state index in [2.05, 4.69) is 15.2 Å². The highest BCUT2D eigenvalue weighted by Crippen LogP contribution is 2.39. The Bertz CT molecular complexity index is 1600. The third-order valence-electron chi connectivity index (χ3n) is 8.72. The predicted octanol–water partition coefficient (Wildman–Crippen LogP) is 4.15. The number of rotatable bonds is 4. The lowest BCUT2D eigenvalue weighted by Gasteiger charge is -2.45. The van der Waals surface area contributed by atoms with Gasteiger partial charge in [-0.15, -0.1) is 0 Å². The van der Waals surface area contributed by atoms with Crippen molar-refractivity contribution in [3.8, 4) is 22.5 Å². The van der Waals surface area contributed by atoms with Gasteiger partial charge in [-0.2, -0.15) is 10.2 Å². The number of carbonyl (C=O) groups excluding carboxylic acids is 2. The molecule has 2 saturated heterocycles. The summed E-state index contributed by atoms with van der Waals surface area (Å²) in [5.74, 6) is 0.0786. The number of anilines is 2. The summed E-state index contributed by atoms with van der Waals surface area (Å²) in [7, 11) is 1.81. The first kappa shape index (κ1) is 24.8. The van der Waals surface area contributed by atoms with Crippen LogP contribution in [0.15, 0.2) is 48.9 Å². The molecule has 40 heavy (non-hydrogen) atoms. The molecule has 0 bridgehead atoms. The normalized spacial score (nSPS) is 22.2. The minimum Gasteiger partial charge on any atom is -0.382 e. The van der Waals surface area contributed by atoms with Gasteiger partial charge in [-0.1, -0.05) is 25.0 Å². The average molecular weight is 541 g/mol. The van der Waals surface area contributed by atoms with Gasteiger partial charge in [-0.25, -0.2) is 19.2 Å². The first-order chi connectivity index (χ1) is 19.5. The molecular weight excluding hydrogens is 508 g/mol. The van der Waals surface area contributed by atoms with Gasteiger partial charge in [0.1, 0.15) is 11.8 Å². The fourth-order valence-corrected chi connectivity index (χ4v) is 6.68. The number of fused-ring (bicyclic) bond motifs is 2. The first-order valence-corrected chi connectivity index (χ1v) is 14.0. The van der Waals surface area contributed by atoms with E-state index in [4.69, 9.17) is 10.5 Å². The van der Waals surface area contributed by atoms with Crippen molar-refractivity contribution in [2.45, 2.75) is 50.6 Å². The number of nitrogens with two attached hydrogens (primary N) is 1. The zero-order valence-electron chi connectivity index (χ0n) is 22.4. The number of amides is 3. The largest absolute Gasteiger partial charge is 0.382 e. The van der Waals surface area contributed by atoms with Crippen LogP contribution in [0.25, 0.3) is 28.0 Å². The van der Waals surface area contributed by atoms with E-state index in [0.29, 0.717) is 30.2 Å². The van der Waals surface area contributed by atoms with E-state index in [1.807, 2.05) is 48.1 Å². The van der Waals surface area contributed by atoms with Crippen LogP contribution in [-0.2, 0) is 9.53 Å². The minimum atomic E-state index is -0.280. The zero-order chi connectivity index (χ0) is 27.4. The summed E-state index contributed by atoms with van der Waals surface area (Å²) in [5, 5.41) is 9.20. The molecule has 0 spiro atoms. The van der Waals surface area contributed by atoms with Gasteiger partial charge >= 0.3 is 6.03 Å². The van der Waals surface area contributed by atoms with Crippen LogP contribution in [-0.4, -0.2) is 67.5 Å². The Balaban J connectivity index is 1.32. The standard InChI is InChI=1S/C29H32N8O3/c1-34-23-8-3-2-7-21(23)28(38)35(29(34)39)20-6-4-5-18(15-20)25-16-22(26-27(30)31-17-33-37(25)26)24-9-12-32-36(24)19-10-13-40-14-11-19/h4-6,9,12,15-17,19,21,23H,2-3,7-8,10-11,13-14H2,1H3,(H2,30,31,33). The zero-order valence-corrected chi connectivity index (χ0v) is 22.4. The fraction of sp³-hybridized carbons (Fsp3) is 0.414. The first-order valence-electron chi connectivity index (χ1n) is 14.0. The summed E-state index contributed by atoms with van der Waals surface area (Å²) in [6.45, 7) is 1.41. The van der Waals surface area contributed by atoms with Gasteiger partial charge in [0.05, 0.1) is 29.0 Å². The maximum atomic E-state index is 13.6. The van der Waals surface area contributed by atoms with Gasteiger partial charge in [0, 0.05) is 43.6 Å². The lowest BCUT2D eigenvalue weighted by molar-refractivity contribution is -0.126. The second-order valence-corrected chi connectivity index (χ2v) is 10.9. The minimum absolute atomic E-state index is 0.0226. The predicted molar refractivity (Wildman–Crippen MR) is 150 cm³/mol. The SMILES string of the molecule is CN1C(=O)N(c2cccc(-c3cc(-c4ccnn4C4CCOCC4)c4c(N)ncnn34)c2)C(=O)C2CCCCC21. The highest BCUT2D eigenvalue weighted by Gasteiger charge is 2.46. The molecular formula is C29H32N8O3. The van der Waals surface area contributed by atoms with Crippen molar-refractivity contribution in [2.75, 3.05) is 30.9 Å². The smallest absolute Gasteiger partial charge is 0.331 e. The number of aromatic nitrogens is 5. The summed E-state index contributed by atoms with van der Waals surface area (Å²) in [4.78, 5) is 34.4.